The van der Waals surface area contributed by atoms with Crippen LogP contribution >= 0.6 is 0 Å². The van der Waals surface area contributed by atoms with E-state index in [-0.39, 0.29) is 17.7 Å². The summed E-state index contributed by atoms with van der Waals surface area (Å²) >= 11 is 0. The number of H-pyrrole nitrogens is 1. The topological polar surface area (TPSA) is 104 Å². The minimum atomic E-state index is -0.318. The lowest BCUT2D eigenvalue weighted by molar-refractivity contribution is 0.173. The molecule has 1 aliphatic carbocycles. The first kappa shape index (κ1) is 13.9. The van der Waals surface area contributed by atoms with Gasteiger partial charge < -0.3 is 21.1 Å². The van der Waals surface area contributed by atoms with Crippen LogP contribution in [0.25, 0.3) is 10.9 Å². The van der Waals surface area contributed by atoms with Crippen molar-refractivity contribution in [2.75, 3.05) is 17.7 Å². The van der Waals surface area contributed by atoms with Gasteiger partial charge >= 0.3 is 0 Å². The van der Waals surface area contributed by atoms with Crippen LogP contribution in [0.15, 0.2) is 23.3 Å². The zero-order valence-electron chi connectivity index (χ0n) is 11.9. The van der Waals surface area contributed by atoms with Crippen LogP contribution in [-0.2, 0) is 0 Å². The molecule has 1 aliphatic rings. The lowest BCUT2D eigenvalue weighted by Gasteiger charge is -2.37. The van der Waals surface area contributed by atoms with Gasteiger partial charge in [-0.3, -0.25) is 4.79 Å². The van der Waals surface area contributed by atoms with Crippen molar-refractivity contribution < 1.29 is 5.11 Å². The fourth-order valence-corrected chi connectivity index (χ4v) is 3.08. The van der Waals surface area contributed by atoms with Crippen molar-refractivity contribution >= 4 is 22.3 Å². The Morgan fingerprint density at radius 3 is 2.81 bits per heavy atom. The summed E-state index contributed by atoms with van der Waals surface area (Å²) in [5.41, 5.74) is 7.37. The van der Waals surface area contributed by atoms with Crippen LogP contribution in [0.1, 0.15) is 32.1 Å². The quantitative estimate of drug-likeness (QED) is 0.642. The van der Waals surface area contributed by atoms with E-state index < -0.39 is 0 Å². The summed E-state index contributed by atoms with van der Waals surface area (Å²) in [6, 6.07) is 3.42. The third-order valence-corrected chi connectivity index (χ3v) is 4.32. The van der Waals surface area contributed by atoms with E-state index in [1.54, 1.807) is 12.1 Å². The van der Waals surface area contributed by atoms with E-state index in [4.69, 9.17) is 5.73 Å². The molecule has 0 aliphatic heterocycles. The van der Waals surface area contributed by atoms with E-state index in [1.807, 2.05) is 0 Å². The molecular formula is C15H20N4O2. The number of nitrogen functional groups attached to an aromatic ring is 1. The molecule has 1 saturated carbocycles. The molecular weight excluding hydrogens is 268 g/mol. The number of aliphatic hydroxyl groups is 1. The third kappa shape index (κ3) is 2.58. The molecule has 6 nitrogen and oxygen atoms in total. The summed E-state index contributed by atoms with van der Waals surface area (Å²) in [5, 5.41) is 13.6. The number of aromatic amines is 1. The highest BCUT2D eigenvalue weighted by Gasteiger charge is 2.31. The highest BCUT2D eigenvalue weighted by Crippen LogP contribution is 2.34. The number of aliphatic hydroxyl groups excluding tert-OH is 1. The number of hydrogen-bond acceptors (Lipinski definition) is 5. The van der Waals surface area contributed by atoms with Gasteiger partial charge in [0, 0.05) is 0 Å². The summed E-state index contributed by atoms with van der Waals surface area (Å²) < 4.78 is 0. The Labute approximate surface area is 122 Å². The normalized spacial score (nSPS) is 17.8. The Kier molecular flexibility index (Phi) is 3.55. The predicted molar refractivity (Wildman–Crippen MR) is 83.3 cm³/mol. The van der Waals surface area contributed by atoms with E-state index in [1.165, 1.54) is 12.7 Å². The van der Waals surface area contributed by atoms with Crippen molar-refractivity contribution in [3.63, 3.8) is 0 Å². The summed E-state index contributed by atoms with van der Waals surface area (Å²) in [4.78, 5) is 18.5. The minimum Gasteiger partial charge on any atom is -0.397 e. The maximum Gasteiger partial charge on any atom is 0.258 e. The zero-order valence-corrected chi connectivity index (χ0v) is 11.9. The first-order chi connectivity index (χ1) is 10.1. The number of anilines is 2. The van der Waals surface area contributed by atoms with Gasteiger partial charge in [-0.1, -0.05) is 19.3 Å². The first-order valence-electron chi connectivity index (χ1n) is 7.29. The summed E-state index contributed by atoms with van der Waals surface area (Å²) in [6.45, 7) is 0.0767. The third-order valence-electron chi connectivity index (χ3n) is 4.32. The maximum absolute atomic E-state index is 11.7. The van der Waals surface area contributed by atoms with Gasteiger partial charge in [0.2, 0.25) is 0 Å². The lowest BCUT2D eigenvalue weighted by Crippen LogP contribution is -2.44. The van der Waals surface area contributed by atoms with E-state index in [2.05, 4.69) is 15.3 Å². The van der Waals surface area contributed by atoms with Crippen LogP contribution in [0.5, 0.6) is 0 Å². The van der Waals surface area contributed by atoms with Crippen molar-refractivity contribution in [2.45, 2.75) is 37.6 Å². The van der Waals surface area contributed by atoms with Crippen molar-refractivity contribution in [1.82, 2.24) is 9.97 Å². The van der Waals surface area contributed by atoms with E-state index in [9.17, 15) is 9.90 Å². The molecule has 1 aromatic carbocycles. The van der Waals surface area contributed by atoms with E-state index in [0.29, 0.717) is 16.6 Å². The molecule has 1 heterocycles. The van der Waals surface area contributed by atoms with Crippen LogP contribution < -0.4 is 16.6 Å². The second-order valence-corrected chi connectivity index (χ2v) is 5.81. The van der Waals surface area contributed by atoms with Gasteiger partial charge in [-0.25, -0.2) is 4.98 Å². The average molecular weight is 288 g/mol. The van der Waals surface area contributed by atoms with E-state index in [0.717, 1.165) is 31.4 Å². The summed E-state index contributed by atoms with van der Waals surface area (Å²) in [5.74, 6) is 0. The number of nitrogens with zero attached hydrogens (tertiary/aromatic N) is 1. The van der Waals surface area contributed by atoms with Crippen molar-refractivity contribution in [3.05, 3.63) is 28.8 Å². The van der Waals surface area contributed by atoms with Crippen LogP contribution in [-0.4, -0.2) is 27.2 Å². The lowest BCUT2D eigenvalue weighted by atomic mass is 9.82. The SMILES string of the molecule is Nc1cc2c(=O)[nH]cnc2cc1NC1(CO)CCCCC1. The largest absolute Gasteiger partial charge is 0.397 e. The molecule has 0 amide bonds. The zero-order chi connectivity index (χ0) is 14.9. The maximum atomic E-state index is 11.7. The molecule has 0 unspecified atom stereocenters. The first-order valence-corrected chi connectivity index (χ1v) is 7.29. The van der Waals surface area contributed by atoms with Crippen molar-refractivity contribution in [3.8, 4) is 0 Å². The number of rotatable bonds is 3. The smallest absolute Gasteiger partial charge is 0.258 e. The van der Waals surface area contributed by atoms with Crippen LogP contribution in [0.2, 0.25) is 0 Å². The van der Waals surface area contributed by atoms with Gasteiger partial charge in [-0.15, -0.1) is 0 Å². The fraction of sp³-hybridized carbons (Fsp3) is 0.467. The summed E-state index contributed by atoms with van der Waals surface area (Å²) in [7, 11) is 0. The van der Waals surface area contributed by atoms with Gasteiger partial charge in [-0.2, -0.15) is 0 Å². The molecule has 0 atom stereocenters. The van der Waals surface area contributed by atoms with Crippen molar-refractivity contribution in [2.24, 2.45) is 0 Å². The summed E-state index contributed by atoms with van der Waals surface area (Å²) in [6.07, 6.45) is 6.62. The van der Waals surface area contributed by atoms with Gasteiger partial charge in [-0.05, 0) is 25.0 Å². The Hall–Kier alpha value is -2.08. The van der Waals surface area contributed by atoms with Crippen LogP contribution in [0.4, 0.5) is 11.4 Å². The molecule has 112 valence electrons. The molecule has 0 spiro atoms. The van der Waals surface area contributed by atoms with Gasteiger partial charge in [0.1, 0.15) is 0 Å². The van der Waals surface area contributed by atoms with Gasteiger partial charge in [0.05, 0.1) is 40.8 Å². The minimum absolute atomic E-state index is 0.0767. The number of nitrogens with two attached hydrogens (primary N) is 1. The predicted octanol–water partition coefficient (Wildman–Crippen LogP) is 1.61. The van der Waals surface area contributed by atoms with Crippen LogP contribution in [0.3, 0.4) is 0 Å². The highest BCUT2D eigenvalue weighted by atomic mass is 16.3. The Morgan fingerprint density at radius 1 is 1.33 bits per heavy atom. The number of nitrogens with one attached hydrogen (secondary N) is 2. The fourth-order valence-electron chi connectivity index (χ4n) is 3.08. The molecule has 2 aromatic rings. The van der Waals surface area contributed by atoms with Gasteiger partial charge in [0.25, 0.3) is 5.56 Å². The second-order valence-electron chi connectivity index (χ2n) is 5.81. The van der Waals surface area contributed by atoms with E-state index >= 15 is 0 Å². The number of benzene rings is 1. The molecule has 0 radical (unpaired) electrons. The second kappa shape index (κ2) is 5.37. The standard InChI is InChI=1S/C15H20N4O2/c16-11-6-10-12(17-9-18-14(10)21)7-13(11)19-15(8-20)4-2-1-3-5-15/h6-7,9,19-20H,1-5,8,16H2,(H,17,18,21). The average Bonchev–Trinajstić information content (AvgIpc) is 2.50. The van der Waals surface area contributed by atoms with Crippen LogP contribution in [0, 0.1) is 0 Å². The molecule has 5 N–H and O–H groups in total. The number of hydrogen-bond donors (Lipinski definition) is 4. The number of fused-ring (bicyclic) bond motifs is 1. The van der Waals surface area contributed by atoms with Crippen molar-refractivity contribution in [1.29, 1.82) is 0 Å². The molecule has 3 rings (SSSR count). The Balaban J connectivity index is 2.00. The molecule has 6 heteroatoms. The van der Waals surface area contributed by atoms with Gasteiger partial charge in [0.15, 0.2) is 0 Å². The molecule has 1 aromatic heterocycles. The molecule has 0 saturated heterocycles. The Bertz CT molecular complexity index is 704. The molecule has 0 bridgehead atoms. The Morgan fingerprint density at radius 2 is 2.10 bits per heavy atom. The number of aromatic nitrogens is 2. The highest BCUT2D eigenvalue weighted by molar-refractivity contribution is 5.88. The monoisotopic (exact) mass is 288 g/mol. The molecule has 21 heavy (non-hydrogen) atoms. The molecule has 1 fully saturated rings.